The number of aromatic nitrogens is 3. The molecule has 0 saturated carbocycles. The minimum absolute atomic E-state index is 0.00419. The van der Waals surface area contributed by atoms with Crippen LogP contribution < -0.4 is 5.56 Å². The highest BCUT2D eigenvalue weighted by atomic mass is 19.1. The zero-order valence-corrected chi connectivity index (χ0v) is 16.2. The molecule has 0 spiro atoms. The maximum atomic E-state index is 14.1. The van der Waals surface area contributed by atoms with Crippen molar-refractivity contribution in [1.82, 2.24) is 19.0 Å². The number of likely N-dealkylation sites (tertiary alicyclic amines) is 1. The molecule has 7 heteroatoms. The highest BCUT2D eigenvalue weighted by Crippen LogP contribution is 2.36. The number of piperidine rings is 1. The van der Waals surface area contributed by atoms with Gasteiger partial charge in [0.25, 0.3) is 5.56 Å². The number of fused-ring (bicyclic) bond motifs is 4. The molecule has 0 radical (unpaired) electrons. The number of nitrogens with zero attached hydrogens (tertiary/aromatic N) is 4. The molecule has 1 saturated heterocycles. The summed E-state index contributed by atoms with van der Waals surface area (Å²) in [6, 6.07) is 7.67. The second-order valence-electron chi connectivity index (χ2n) is 8.18. The Labute approximate surface area is 167 Å². The smallest absolute Gasteiger partial charge is 0.261 e. The van der Waals surface area contributed by atoms with Gasteiger partial charge in [-0.15, -0.1) is 0 Å². The molecule has 5 rings (SSSR count). The summed E-state index contributed by atoms with van der Waals surface area (Å²) in [6.07, 6.45) is 4.56. The quantitative estimate of drug-likeness (QED) is 0.683. The molecule has 2 atom stereocenters. The van der Waals surface area contributed by atoms with E-state index in [1.807, 2.05) is 34.5 Å². The number of benzene rings is 1. The Bertz CT molecular complexity index is 1140. The van der Waals surface area contributed by atoms with Gasteiger partial charge in [0, 0.05) is 68.9 Å². The maximum absolute atomic E-state index is 14.1. The molecule has 5 nitrogen and oxygen atoms in total. The first-order chi connectivity index (χ1) is 14.0. The third kappa shape index (κ3) is 3.19. The molecule has 0 unspecified atom stereocenters. The van der Waals surface area contributed by atoms with Gasteiger partial charge in [-0.3, -0.25) is 9.69 Å². The van der Waals surface area contributed by atoms with Crippen LogP contribution in [0.2, 0.25) is 0 Å². The summed E-state index contributed by atoms with van der Waals surface area (Å²) < 4.78 is 31.0. The van der Waals surface area contributed by atoms with Crippen LogP contribution in [-0.2, 0) is 20.1 Å². The zero-order chi connectivity index (χ0) is 20.1. The molecule has 1 aromatic carbocycles. The Balaban J connectivity index is 1.43. The summed E-state index contributed by atoms with van der Waals surface area (Å²) in [7, 11) is 1.88. The Morgan fingerprint density at radius 2 is 2.00 bits per heavy atom. The van der Waals surface area contributed by atoms with Gasteiger partial charge in [-0.25, -0.2) is 13.8 Å². The fourth-order valence-electron chi connectivity index (χ4n) is 4.86. The van der Waals surface area contributed by atoms with Crippen LogP contribution in [0.3, 0.4) is 0 Å². The van der Waals surface area contributed by atoms with Crippen molar-refractivity contribution in [1.29, 1.82) is 0 Å². The molecule has 0 amide bonds. The van der Waals surface area contributed by atoms with Crippen LogP contribution in [0.4, 0.5) is 8.78 Å². The van der Waals surface area contributed by atoms with E-state index in [9.17, 15) is 13.6 Å². The normalized spacial score (nSPS) is 21.2. The molecule has 1 fully saturated rings. The second kappa shape index (κ2) is 6.91. The van der Waals surface area contributed by atoms with Gasteiger partial charge in [0.05, 0.1) is 5.56 Å². The summed E-state index contributed by atoms with van der Waals surface area (Å²) >= 11 is 0. The lowest BCUT2D eigenvalue weighted by atomic mass is 9.82. The van der Waals surface area contributed by atoms with Crippen LogP contribution in [0, 0.1) is 17.6 Å². The number of aryl methyl sites for hydroxylation is 1. The van der Waals surface area contributed by atoms with Crippen LogP contribution in [0.1, 0.15) is 23.6 Å². The second-order valence-corrected chi connectivity index (χ2v) is 8.18. The molecule has 0 N–H and O–H groups in total. The van der Waals surface area contributed by atoms with Crippen molar-refractivity contribution in [3.05, 3.63) is 76.0 Å². The molecule has 4 heterocycles. The monoisotopic (exact) mass is 396 g/mol. The standard InChI is InChI=1S/C22H22F2N4O/c1-26-7-6-25-21(26)18-4-5-20-16-8-14(11-28(20)22(18)29)10-27(13-16)12-15-2-3-17(23)9-19(15)24/h2-7,9,14,16H,8,10-13H2,1H3/t14-,16+/m0/s1. The minimum Gasteiger partial charge on any atom is -0.334 e. The lowest BCUT2D eigenvalue weighted by molar-refractivity contribution is 0.113. The molecule has 2 aliphatic rings. The third-order valence-corrected chi connectivity index (χ3v) is 6.15. The van der Waals surface area contributed by atoms with Crippen LogP contribution in [0.15, 0.2) is 47.5 Å². The lowest BCUT2D eigenvalue weighted by Crippen LogP contribution is -2.47. The van der Waals surface area contributed by atoms with Gasteiger partial charge >= 0.3 is 0 Å². The number of rotatable bonds is 3. The molecule has 3 aromatic rings. The van der Waals surface area contributed by atoms with E-state index in [-0.39, 0.29) is 11.5 Å². The summed E-state index contributed by atoms with van der Waals surface area (Å²) in [5.74, 6) is 0.179. The van der Waals surface area contributed by atoms with Crippen molar-refractivity contribution in [2.24, 2.45) is 13.0 Å². The van der Waals surface area contributed by atoms with Crippen molar-refractivity contribution >= 4 is 0 Å². The van der Waals surface area contributed by atoms with Crippen molar-refractivity contribution in [2.75, 3.05) is 13.1 Å². The predicted molar refractivity (Wildman–Crippen MR) is 105 cm³/mol. The Kier molecular flexibility index (Phi) is 4.35. The maximum Gasteiger partial charge on any atom is 0.261 e. The molecule has 2 bridgehead atoms. The molecule has 150 valence electrons. The first-order valence-corrected chi connectivity index (χ1v) is 9.87. The van der Waals surface area contributed by atoms with Crippen LogP contribution >= 0.6 is 0 Å². The van der Waals surface area contributed by atoms with Crippen molar-refractivity contribution in [3.8, 4) is 11.4 Å². The van der Waals surface area contributed by atoms with E-state index >= 15 is 0 Å². The van der Waals surface area contributed by atoms with Gasteiger partial charge in [-0.2, -0.15) is 0 Å². The van der Waals surface area contributed by atoms with Crippen LogP contribution in [-0.4, -0.2) is 32.1 Å². The molecule has 2 aliphatic heterocycles. The van der Waals surface area contributed by atoms with Crippen LogP contribution in [0.25, 0.3) is 11.4 Å². The SMILES string of the molecule is Cn1ccnc1-c1ccc2n(c1=O)C[C@H]1C[C@@H]2CN(Cc2ccc(F)cc2F)C1. The predicted octanol–water partition coefficient (Wildman–Crippen LogP) is 3.15. The molecule has 0 aliphatic carbocycles. The van der Waals surface area contributed by atoms with Gasteiger partial charge in [0.1, 0.15) is 17.5 Å². The van der Waals surface area contributed by atoms with Crippen LogP contribution in [0.5, 0.6) is 0 Å². The number of pyridine rings is 1. The third-order valence-electron chi connectivity index (χ3n) is 6.15. The number of imidazole rings is 1. The largest absolute Gasteiger partial charge is 0.334 e. The fourth-order valence-corrected chi connectivity index (χ4v) is 4.86. The molecular formula is C22H22F2N4O. The average Bonchev–Trinajstić information content (AvgIpc) is 3.11. The fraction of sp³-hybridized carbons (Fsp3) is 0.364. The summed E-state index contributed by atoms with van der Waals surface area (Å²) in [6.45, 7) is 2.67. The Morgan fingerprint density at radius 3 is 2.76 bits per heavy atom. The lowest BCUT2D eigenvalue weighted by Gasteiger charge is -2.43. The zero-order valence-electron chi connectivity index (χ0n) is 16.2. The van der Waals surface area contributed by atoms with Crippen molar-refractivity contribution in [2.45, 2.75) is 25.4 Å². The van der Waals surface area contributed by atoms with E-state index in [0.717, 1.165) is 31.3 Å². The van der Waals surface area contributed by atoms with Crippen molar-refractivity contribution in [3.63, 3.8) is 0 Å². The van der Waals surface area contributed by atoms with E-state index in [0.29, 0.717) is 36.0 Å². The first-order valence-electron chi connectivity index (χ1n) is 9.87. The Hall–Kier alpha value is -2.80. The van der Waals surface area contributed by atoms with Gasteiger partial charge in [0.15, 0.2) is 0 Å². The Morgan fingerprint density at radius 1 is 1.14 bits per heavy atom. The van der Waals surface area contributed by atoms with E-state index in [1.54, 1.807) is 6.20 Å². The minimum atomic E-state index is -0.557. The van der Waals surface area contributed by atoms with Gasteiger partial charge in [-0.05, 0) is 30.5 Å². The van der Waals surface area contributed by atoms with E-state index in [4.69, 9.17) is 0 Å². The topological polar surface area (TPSA) is 43.1 Å². The average molecular weight is 396 g/mol. The summed E-state index contributed by atoms with van der Waals surface area (Å²) in [5.41, 5.74) is 2.17. The van der Waals surface area contributed by atoms with Gasteiger partial charge < -0.3 is 9.13 Å². The number of hydrogen-bond acceptors (Lipinski definition) is 3. The van der Waals surface area contributed by atoms with Gasteiger partial charge in [-0.1, -0.05) is 6.07 Å². The van der Waals surface area contributed by atoms with E-state index in [2.05, 4.69) is 9.88 Å². The molecule has 29 heavy (non-hydrogen) atoms. The highest BCUT2D eigenvalue weighted by Gasteiger charge is 2.35. The summed E-state index contributed by atoms with van der Waals surface area (Å²) in [5, 5.41) is 0. The number of halogens is 2. The van der Waals surface area contributed by atoms with Gasteiger partial charge in [0.2, 0.25) is 0 Å². The van der Waals surface area contributed by atoms with E-state index in [1.165, 1.54) is 12.1 Å². The molecule has 2 aromatic heterocycles. The van der Waals surface area contributed by atoms with Crippen molar-refractivity contribution < 1.29 is 8.78 Å². The van der Waals surface area contributed by atoms with E-state index < -0.39 is 11.6 Å². The summed E-state index contributed by atoms with van der Waals surface area (Å²) in [4.78, 5) is 19.7. The molecular weight excluding hydrogens is 374 g/mol. The first kappa shape index (κ1) is 18.2. The number of hydrogen-bond donors (Lipinski definition) is 0. The highest BCUT2D eigenvalue weighted by molar-refractivity contribution is 5.54.